The first-order chi connectivity index (χ1) is 9.66. The topological polar surface area (TPSA) is 12.0 Å². The van der Waals surface area contributed by atoms with Crippen LogP contribution in [0.4, 0.5) is 8.78 Å². The van der Waals surface area contributed by atoms with Gasteiger partial charge in [-0.1, -0.05) is 43.3 Å². The molecule has 3 heteroatoms. The molecule has 1 unspecified atom stereocenters. The second-order valence-corrected chi connectivity index (χ2v) is 5.01. The lowest BCUT2D eigenvalue weighted by molar-refractivity contribution is 0.549. The molecule has 0 aliphatic heterocycles. The van der Waals surface area contributed by atoms with Crippen molar-refractivity contribution in [1.82, 2.24) is 5.32 Å². The number of nitrogens with one attached hydrogen (secondary N) is 1. The van der Waals surface area contributed by atoms with E-state index in [1.165, 1.54) is 17.7 Å². The zero-order valence-corrected chi connectivity index (χ0v) is 11.6. The average Bonchev–Trinajstić information content (AvgIpc) is 2.46. The highest BCUT2D eigenvalue weighted by molar-refractivity contribution is 5.19. The van der Waals surface area contributed by atoms with Crippen LogP contribution in [-0.2, 0) is 6.54 Å². The molecule has 2 rings (SSSR count). The molecule has 20 heavy (non-hydrogen) atoms. The Bertz CT molecular complexity index is 540. The van der Waals surface area contributed by atoms with Crippen molar-refractivity contribution in [2.75, 3.05) is 6.54 Å². The summed E-state index contributed by atoms with van der Waals surface area (Å²) >= 11 is 0. The minimum Gasteiger partial charge on any atom is -0.313 e. The molecule has 0 aliphatic carbocycles. The van der Waals surface area contributed by atoms with Crippen molar-refractivity contribution in [3.05, 3.63) is 71.3 Å². The Hall–Kier alpha value is -1.74. The molecule has 0 saturated heterocycles. The van der Waals surface area contributed by atoms with Crippen molar-refractivity contribution in [2.24, 2.45) is 0 Å². The van der Waals surface area contributed by atoms with Crippen molar-refractivity contribution in [3.8, 4) is 0 Å². The van der Waals surface area contributed by atoms with E-state index in [2.05, 4.69) is 24.4 Å². The van der Waals surface area contributed by atoms with Gasteiger partial charge >= 0.3 is 0 Å². The maximum Gasteiger partial charge on any atom is 0.130 e. The van der Waals surface area contributed by atoms with Gasteiger partial charge in [0.2, 0.25) is 0 Å². The molecule has 0 spiro atoms. The summed E-state index contributed by atoms with van der Waals surface area (Å²) in [6, 6.07) is 14.0. The normalized spacial score (nSPS) is 12.3. The number of halogens is 2. The molecule has 106 valence electrons. The molecule has 0 amide bonds. The van der Waals surface area contributed by atoms with Crippen LogP contribution in [0.15, 0.2) is 48.5 Å². The zero-order valence-electron chi connectivity index (χ0n) is 11.6. The number of hydrogen-bond acceptors (Lipinski definition) is 1. The van der Waals surface area contributed by atoms with Gasteiger partial charge in [-0.25, -0.2) is 8.78 Å². The van der Waals surface area contributed by atoms with E-state index >= 15 is 0 Å². The predicted molar refractivity (Wildman–Crippen MR) is 77.5 cm³/mol. The van der Waals surface area contributed by atoms with Gasteiger partial charge in [0.15, 0.2) is 0 Å². The molecule has 0 radical (unpaired) electrons. The summed E-state index contributed by atoms with van der Waals surface area (Å²) in [6.45, 7) is 3.40. The van der Waals surface area contributed by atoms with E-state index in [9.17, 15) is 8.78 Å². The quantitative estimate of drug-likeness (QED) is 0.777. The fraction of sp³-hybridized carbons (Fsp3) is 0.294. The minimum absolute atomic E-state index is 0.424. The molecular weight excluding hydrogens is 256 g/mol. The van der Waals surface area contributed by atoms with E-state index < -0.39 is 11.6 Å². The Balaban J connectivity index is 1.76. The average molecular weight is 275 g/mol. The van der Waals surface area contributed by atoms with Crippen LogP contribution < -0.4 is 5.32 Å². The standard InChI is InChI=1S/C17H19F2N/c1-13(14-5-3-2-4-6-14)9-10-20-12-15-7-8-16(18)11-17(15)19/h2-8,11,13,20H,9-10,12H2,1H3. The predicted octanol–water partition coefficient (Wildman–Crippen LogP) is 4.25. The van der Waals surface area contributed by atoms with Crippen LogP contribution in [0.25, 0.3) is 0 Å². The first-order valence-corrected chi connectivity index (χ1v) is 6.86. The van der Waals surface area contributed by atoms with Gasteiger partial charge in [-0.2, -0.15) is 0 Å². The SMILES string of the molecule is CC(CCNCc1ccc(F)cc1F)c1ccccc1. The highest BCUT2D eigenvalue weighted by Crippen LogP contribution is 2.17. The van der Waals surface area contributed by atoms with Crippen molar-refractivity contribution in [1.29, 1.82) is 0 Å². The van der Waals surface area contributed by atoms with Gasteiger partial charge in [0.25, 0.3) is 0 Å². The summed E-state index contributed by atoms with van der Waals surface area (Å²) < 4.78 is 26.2. The first kappa shape index (κ1) is 14.7. The fourth-order valence-electron chi connectivity index (χ4n) is 2.15. The Labute approximate surface area is 118 Å². The lowest BCUT2D eigenvalue weighted by Crippen LogP contribution is -2.17. The lowest BCUT2D eigenvalue weighted by atomic mass is 9.98. The van der Waals surface area contributed by atoms with Crippen molar-refractivity contribution in [3.63, 3.8) is 0 Å². The van der Waals surface area contributed by atoms with E-state index in [4.69, 9.17) is 0 Å². The van der Waals surface area contributed by atoms with Crippen LogP contribution in [0, 0.1) is 11.6 Å². The summed E-state index contributed by atoms with van der Waals surface area (Å²) in [4.78, 5) is 0. The maximum atomic E-state index is 13.4. The van der Waals surface area contributed by atoms with E-state index in [-0.39, 0.29) is 0 Å². The second-order valence-electron chi connectivity index (χ2n) is 5.01. The summed E-state index contributed by atoms with van der Waals surface area (Å²) in [5, 5.41) is 3.20. The van der Waals surface area contributed by atoms with Crippen LogP contribution in [0.1, 0.15) is 30.4 Å². The molecule has 1 N–H and O–H groups in total. The van der Waals surface area contributed by atoms with E-state index in [0.29, 0.717) is 18.0 Å². The van der Waals surface area contributed by atoms with Gasteiger partial charge in [-0.3, -0.25) is 0 Å². The Kier molecular flexibility index (Phi) is 5.24. The fourth-order valence-corrected chi connectivity index (χ4v) is 2.15. The second kappa shape index (κ2) is 7.15. The van der Waals surface area contributed by atoms with Crippen LogP contribution >= 0.6 is 0 Å². The Morgan fingerprint density at radius 1 is 1.05 bits per heavy atom. The summed E-state index contributed by atoms with van der Waals surface area (Å²) in [7, 11) is 0. The van der Waals surface area contributed by atoms with Gasteiger partial charge in [0, 0.05) is 18.2 Å². The number of rotatable bonds is 6. The molecule has 0 heterocycles. The number of benzene rings is 2. The molecule has 0 aromatic heterocycles. The van der Waals surface area contributed by atoms with Crippen LogP contribution in [0.5, 0.6) is 0 Å². The summed E-state index contributed by atoms with van der Waals surface area (Å²) in [6.07, 6.45) is 0.979. The molecular formula is C17H19F2N. The molecule has 2 aromatic carbocycles. The minimum atomic E-state index is -0.538. The molecule has 1 atom stereocenters. The highest BCUT2D eigenvalue weighted by Gasteiger charge is 2.06. The molecule has 0 bridgehead atoms. The van der Waals surface area contributed by atoms with Gasteiger partial charge in [-0.15, -0.1) is 0 Å². The van der Waals surface area contributed by atoms with Crippen molar-refractivity contribution < 1.29 is 8.78 Å². The third-order valence-corrected chi connectivity index (χ3v) is 3.45. The van der Waals surface area contributed by atoms with E-state index in [0.717, 1.165) is 19.0 Å². The first-order valence-electron chi connectivity index (χ1n) is 6.86. The van der Waals surface area contributed by atoms with Crippen LogP contribution in [-0.4, -0.2) is 6.54 Å². The zero-order chi connectivity index (χ0) is 14.4. The molecule has 1 nitrogen and oxygen atoms in total. The molecule has 2 aromatic rings. The lowest BCUT2D eigenvalue weighted by Gasteiger charge is -2.12. The van der Waals surface area contributed by atoms with Gasteiger partial charge in [0.05, 0.1) is 0 Å². The summed E-state index contributed by atoms with van der Waals surface area (Å²) in [5.74, 6) is -0.570. The van der Waals surface area contributed by atoms with E-state index in [1.807, 2.05) is 18.2 Å². The van der Waals surface area contributed by atoms with Crippen molar-refractivity contribution in [2.45, 2.75) is 25.8 Å². The molecule has 0 fully saturated rings. The third-order valence-electron chi connectivity index (χ3n) is 3.45. The smallest absolute Gasteiger partial charge is 0.130 e. The maximum absolute atomic E-state index is 13.4. The van der Waals surface area contributed by atoms with E-state index in [1.54, 1.807) is 0 Å². The summed E-state index contributed by atoms with van der Waals surface area (Å²) in [5.41, 5.74) is 1.81. The monoisotopic (exact) mass is 275 g/mol. The van der Waals surface area contributed by atoms with Crippen molar-refractivity contribution >= 4 is 0 Å². The van der Waals surface area contributed by atoms with Crippen LogP contribution in [0.3, 0.4) is 0 Å². The number of hydrogen-bond donors (Lipinski definition) is 1. The third kappa shape index (κ3) is 4.14. The largest absolute Gasteiger partial charge is 0.313 e. The Morgan fingerprint density at radius 2 is 1.80 bits per heavy atom. The van der Waals surface area contributed by atoms with Gasteiger partial charge < -0.3 is 5.32 Å². The van der Waals surface area contributed by atoms with Gasteiger partial charge in [0.1, 0.15) is 11.6 Å². The highest BCUT2D eigenvalue weighted by atomic mass is 19.1. The molecule has 0 aliphatic rings. The Morgan fingerprint density at radius 3 is 2.50 bits per heavy atom. The van der Waals surface area contributed by atoms with Gasteiger partial charge in [-0.05, 0) is 30.5 Å². The van der Waals surface area contributed by atoms with Crippen LogP contribution in [0.2, 0.25) is 0 Å². The molecule has 0 saturated carbocycles.